The summed E-state index contributed by atoms with van der Waals surface area (Å²) in [6.45, 7) is 0.948. The summed E-state index contributed by atoms with van der Waals surface area (Å²) in [5.41, 5.74) is 3.29. The van der Waals surface area contributed by atoms with E-state index in [1.54, 1.807) is 0 Å². The molecule has 0 N–H and O–H groups in total. The Hall–Kier alpha value is -3.07. The van der Waals surface area contributed by atoms with Gasteiger partial charge in [-0.25, -0.2) is 0 Å². The third-order valence-electron chi connectivity index (χ3n) is 7.30. The molecule has 0 radical (unpaired) electrons. The molecule has 0 amide bonds. The maximum atomic E-state index is 13.1. The van der Waals surface area contributed by atoms with Gasteiger partial charge in [-0.2, -0.15) is 0 Å². The lowest BCUT2D eigenvalue weighted by molar-refractivity contribution is -0.125. The number of ketones is 1. The van der Waals surface area contributed by atoms with Crippen LogP contribution in [0.1, 0.15) is 61.1 Å². The molecule has 0 saturated heterocycles. The maximum Gasteiger partial charge on any atom is 0.161 e. The van der Waals surface area contributed by atoms with Gasteiger partial charge in [-0.05, 0) is 53.5 Å². The molecule has 3 aromatic rings. The zero-order valence-corrected chi connectivity index (χ0v) is 19.1. The van der Waals surface area contributed by atoms with Crippen molar-refractivity contribution >= 4 is 5.78 Å². The zero-order valence-electron chi connectivity index (χ0n) is 19.1. The summed E-state index contributed by atoms with van der Waals surface area (Å²) in [6, 6.07) is 26.4. The highest BCUT2D eigenvalue weighted by Gasteiger charge is 2.37. The van der Waals surface area contributed by atoms with Gasteiger partial charge in [0, 0.05) is 12.3 Å². The number of rotatable bonds is 7. The fourth-order valence-corrected chi connectivity index (χ4v) is 5.46. The molecule has 3 atom stereocenters. The lowest BCUT2D eigenvalue weighted by Crippen LogP contribution is -2.32. The second-order valence-corrected chi connectivity index (χ2v) is 9.52. The van der Waals surface area contributed by atoms with E-state index in [4.69, 9.17) is 9.47 Å². The first-order chi connectivity index (χ1) is 16.3. The number of fused-ring (bicyclic) bond motifs is 1. The molecule has 5 rings (SSSR count). The third-order valence-corrected chi connectivity index (χ3v) is 7.30. The molecule has 3 nitrogen and oxygen atoms in total. The molecular weight excluding hydrogens is 408 g/mol. The lowest BCUT2D eigenvalue weighted by atomic mass is 9.65. The molecule has 0 heterocycles. The Morgan fingerprint density at radius 2 is 1.30 bits per heavy atom. The van der Waals surface area contributed by atoms with Crippen LogP contribution in [0.4, 0.5) is 0 Å². The molecule has 170 valence electrons. The quantitative estimate of drug-likeness (QED) is 0.393. The van der Waals surface area contributed by atoms with Gasteiger partial charge in [0.25, 0.3) is 0 Å². The predicted octanol–water partition coefficient (Wildman–Crippen LogP) is 7.10. The van der Waals surface area contributed by atoms with Crippen LogP contribution >= 0.6 is 0 Å². The van der Waals surface area contributed by atoms with Gasteiger partial charge >= 0.3 is 0 Å². The van der Waals surface area contributed by atoms with Crippen molar-refractivity contribution in [1.29, 1.82) is 0 Å². The number of ether oxygens (including phenoxy) is 2. The van der Waals surface area contributed by atoms with E-state index in [1.165, 1.54) is 25.7 Å². The monoisotopic (exact) mass is 440 g/mol. The molecule has 2 fully saturated rings. The SMILES string of the molecule is O=C1C[C@H]2CCCC[C@@H]2C[C@H]1c1ccc(OCc2ccccc2)c(OCc2ccccc2)c1. The number of hydrogen-bond acceptors (Lipinski definition) is 3. The predicted molar refractivity (Wildman–Crippen MR) is 130 cm³/mol. The largest absolute Gasteiger partial charge is 0.485 e. The number of carbonyl (C=O) groups excluding carboxylic acids is 1. The van der Waals surface area contributed by atoms with Crippen LogP contribution in [0.15, 0.2) is 78.9 Å². The molecule has 3 heteroatoms. The van der Waals surface area contributed by atoms with Gasteiger partial charge in [-0.1, -0.05) is 86.0 Å². The molecule has 2 saturated carbocycles. The Labute approximate surface area is 196 Å². The smallest absolute Gasteiger partial charge is 0.161 e. The Bertz CT molecular complexity index is 1060. The molecule has 0 spiro atoms. The molecule has 0 aromatic heterocycles. The van der Waals surface area contributed by atoms with Crippen LogP contribution in [0.3, 0.4) is 0 Å². The minimum atomic E-state index is -0.0217. The van der Waals surface area contributed by atoms with Gasteiger partial charge in [0.1, 0.15) is 19.0 Å². The average Bonchev–Trinajstić information content (AvgIpc) is 2.87. The van der Waals surface area contributed by atoms with E-state index in [0.29, 0.717) is 36.6 Å². The number of benzene rings is 3. The Kier molecular flexibility index (Phi) is 6.76. The molecular formula is C30H32O3. The fraction of sp³-hybridized carbons (Fsp3) is 0.367. The molecule has 3 aromatic carbocycles. The van der Waals surface area contributed by atoms with Gasteiger partial charge in [0.2, 0.25) is 0 Å². The van der Waals surface area contributed by atoms with Crippen molar-refractivity contribution < 1.29 is 14.3 Å². The number of carbonyl (C=O) groups is 1. The van der Waals surface area contributed by atoms with Crippen molar-refractivity contribution in [2.75, 3.05) is 0 Å². The second kappa shape index (κ2) is 10.2. The van der Waals surface area contributed by atoms with Crippen LogP contribution in [0.5, 0.6) is 11.5 Å². The van der Waals surface area contributed by atoms with Crippen molar-refractivity contribution in [1.82, 2.24) is 0 Å². The minimum Gasteiger partial charge on any atom is -0.485 e. The van der Waals surface area contributed by atoms with Gasteiger partial charge in [0.05, 0.1) is 0 Å². The van der Waals surface area contributed by atoms with Crippen molar-refractivity contribution in [2.24, 2.45) is 11.8 Å². The summed E-state index contributed by atoms with van der Waals surface area (Å²) >= 11 is 0. The van der Waals surface area contributed by atoms with E-state index in [1.807, 2.05) is 42.5 Å². The summed E-state index contributed by atoms with van der Waals surface area (Å²) < 4.78 is 12.4. The molecule has 2 aliphatic carbocycles. The summed E-state index contributed by atoms with van der Waals surface area (Å²) in [4.78, 5) is 13.1. The summed E-state index contributed by atoms with van der Waals surface area (Å²) in [7, 11) is 0. The van der Waals surface area contributed by atoms with Crippen molar-refractivity contribution in [3.05, 3.63) is 95.6 Å². The van der Waals surface area contributed by atoms with Crippen molar-refractivity contribution in [3.8, 4) is 11.5 Å². The van der Waals surface area contributed by atoms with Crippen LogP contribution in [-0.4, -0.2) is 5.78 Å². The third kappa shape index (κ3) is 5.30. The summed E-state index contributed by atoms with van der Waals surface area (Å²) in [6.07, 6.45) is 6.79. The van der Waals surface area contributed by atoms with E-state index in [2.05, 4.69) is 36.4 Å². The topological polar surface area (TPSA) is 35.5 Å². The lowest BCUT2D eigenvalue weighted by Gasteiger charge is -2.38. The van der Waals surface area contributed by atoms with Gasteiger partial charge in [-0.3, -0.25) is 4.79 Å². The molecule has 33 heavy (non-hydrogen) atoms. The van der Waals surface area contributed by atoms with E-state index in [9.17, 15) is 4.79 Å². The van der Waals surface area contributed by atoms with Crippen LogP contribution < -0.4 is 9.47 Å². The van der Waals surface area contributed by atoms with Gasteiger partial charge in [-0.15, -0.1) is 0 Å². The molecule has 0 aliphatic heterocycles. The number of hydrogen-bond donors (Lipinski definition) is 0. The normalized spacial score (nSPS) is 22.4. The standard InChI is InChI=1S/C30H32O3/c31-28-18-25-14-8-7-13-24(25)17-27(28)26-15-16-29(32-20-22-9-3-1-4-10-22)30(19-26)33-21-23-11-5-2-6-12-23/h1-6,9-12,15-16,19,24-25,27H,7-8,13-14,17-18,20-21H2/t24-,25-,27+/m1/s1. The van der Waals surface area contributed by atoms with Crippen molar-refractivity contribution in [3.63, 3.8) is 0 Å². The van der Waals surface area contributed by atoms with E-state index in [-0.39, 0.29) is 5.92 Å². The maximum absolute atomic E-state index is 13.1. The Balaban J connectivity index is 1.37. The summed E-state index contributed by atoms with van der Waals surface area (Å²) in [5.74, 6) is 3.09. The summed E-state index contributed by atoms with van der Waals surface area (Å²) in [5, 5.41) is 0. The first-order valence-electron chi connectivity index (χ1n) is 12.3. The van der Waals surface area contributed by atoms with E-state index >= 15 is 0 Å². The molecule has 0 bridgehead atoms. The van der Waals surface area contributed by atoms with Gasteiger partial charge < -0.3 is 9.47 Å². The first-order valence-corrected chi connectivity index (χ1v) is 12.3. The fourth-order valence-electron chi connectivity index (χ4n) is 5.46. The van der Waals surface area contributed by atoms with Crippen molar-refractivity contribution in [2.45, 2.75) is 57.7 Å². The highest BCUT2D eigenvalue weighted by atomic mass is 16.5. The van der Waals surface area contributed by atoms with E-state index in [0.717, 1.165) is 35.3 Å². The molecule has 2 aliphatic rings. The highest BCUT2D eigenvalue weighted by Crippen LogP contribution is 2.45. The molecule has 0 unspecified atom stereocenters. The minimum absolute atomic E-state index is 0.0217. The zero-order chi connectivity index (χ0) is 22.5. The Morgan fingerprint density at radius 1 is 0.697 bits per heavy atom. The average molecular weight is 441 g/mol. The van der Waals surface area contributed by atoms with Crippen LogP contribution in [0, 0.1) is 11.8 Å². The van der Waals surface area contributed by atoms with Crippen LogP contribution in [-0.2, 0) is 18.0 Å². The second-order valence-electron chi connectivity index (χ2n) is 9.52. The van der Waals surface area contributed by atoms with Crippen LogP contribution in [0.2, 0.25) is 0 Å². The van der Waals surface area contributed by atoms with Gasteiger partial charge in [0.15, 0.2) is 11.5 Å². The van der Waals surface area contributed by atoms with E-state index < -0.39 is 0 Å². The number of Topliss-reactive ketones (excluding diaryl/α,β-unsaturated/α-hetero) is 1. The first kappa shape index (κ1) is 21.8. The van der Waals surface area contributed by atoms with Crippen LogP contribution in [0.25, 0.3) is 0 Å². The highest BCUT2D eigenvalue weighted by molar-refractivity contribution is 5.87. The Morgan fingerprint density at radius 3 is 1.97 bits per heavy atom.